The van der Waals surface area contributed by atoms with Crippen molar-refractivity contribution in [2.45, 2.75) is 19.9 Å². The van der Waals surface area contributed by atoms with E-state index in [4.69, 9.17) is 11.6 Å². The number of benzene rings is 2. The smallest absolute Gasteiger partial charge is 0.264 e. The number of rotatable bonds is 5. The number of amides is 1. The van der Waals surface area contributed by atoms with Gasteiger partial charge in [-0.25, -0.2) is 14.1 Å². The first-order chi connectivity index (χ1) is 14.4. The lowest BCUT2D eigenvalue weighted by Crippen LogP contribution is -2.26. The summed E-state index contributed by atoms with van der Waals surface area (Å²) < 4.78 is 16.1. The van der Waals surface area contributed by atoms with Crippen molar-refractivity contribution in [3.63, 3.8) is 0 Å². The molecule has 9 heteroatoms. The summed E-state index contributed by atoms with van der Waals surface area (Å²) in [5.41, 5.74) is 1.32. The van der Waals surface area contributed by atoms with Gasteiger partial charge in [-0.15, -0.1) is 0 Å². The van der Waals surface area contributed by atoms with Crippen LogP contribution in [-0.2, 0) is 11.3 Å². The van der Waals surface area contributed by atoms with E-state index in [9.17, 15) is 14.0 Å². The number of aryl methyl sites for hydroxylation is 1. The van der Waals surface area contributed by atoms with Crippen molar-refractivity contribution in [1.29, 1.82) is 0 Å². The minimum absolute atomic E-state index is 0.0999. The average Bonchev–Trinajstić information content (AvgIpc) is 3.14. The molecule has 1 amide bonds. The number of fused-ring (bicyclic) bond motifs is 1. The highest BCUT2D eigenvalue weighted by Gasteiger charge is 2.15. The molecule has 1 N–H and O–H groups in total. The lowest BCUT2D eigenvalue weighted by atomic mass is 10.3. The molecular weight excluding hydrogens is 409 g/mol. The molecule has 2 heterocycles. The van der Waals surface area contributed by atoms with Gasteiger partial charge < -0.3 is 5.32 Å². The van der Waals surface area contributed by atoms with E-state index in [2.05, 4.69) is 15.4 Å². The Balaban J connectivity index is 1.56. The zero-order valence-electron chi connectivity index (χ0n) is 16.0. The fraction of sp³-hybridized carbons (Fsp3) is 0.143. The third-order valence-electron chi connectivity index (χ3n) is 4.64. The molecule has 152 valence electrons. The second-order valence-corrected chi connectivity index (χ2v) is 7.13. The predicted molar refractivity (Wildman–Crippen MR) is 113 cm³/mol. The van der Waals surface area contributed by atoms with Crippen LogP contribution in [0.1, 0.15) is 12.2 Å². The molecule has 4 aromatic rings. The van der Waals surface area contributed by atoms with Crippen molar-refractivity contribution in [2.75, 3.05) is 5.32 Å². The Labute approximate surface area is 175 Å². The van der Waals surface area contributed by atoms with E-state index in [-0.39, 0.29) is 30.2 Å². The maximum absolute atomic E-state index is 13.2. The van der Waals surface area contributed by atoms with Gasteiger partial charge in [0.05, 0.1) is 11.9 Å². The van der Waals surface area contributed by atoms with E-state index < -0.39 is 0 Å². The van der Waals surface area contributed by atoms with E-state index in [1.54, 1.807) is 43.3 Å². The largest absolute Gasteiger partial charge is 0.326 e. The van der Waals surface area contributed by atoms with Gasteiger partial charge in [-0.3, -0.25) is 14.2 Å². The van der Waals surface area contributed by atoms with Crippen molar-refractivity contribution in [1.82, 2.24) is 19.3 Å². The lowest BCUT2D eigenvalue weighted by molar-refractivity contribution is -0.116. The molecule has 0 unspecified atom stereocenters. The number of carbonyl (C=O) groups is 1. The van der Waals surface area contributed by atoms with E-state index in [0.29, 0.717) is 33.3 Å². The van der Waals surface area contributed by atoms with E-state index >= 15 is 0 Å². The minimum Gasteiger partial charge on any atom is -0.326 e. The number of nitrogens with zero attached hydrogens (tertiary/aromatic N) is 4. The van der Waals surface area contributed by atoms with Gasteiger partial charge >= 0.3 is 0 Å². The van der Waals surface area contributed by atoms with E-state index in [1.165, 1.54) is 27.6 Å². The van der Waals surface area contributed by atoms with Crippen LogP contribution in [0.4, 0.5) is 10.1 Å². The second kappa shape index (κ2) is 8.08. The van der Waals surface area contributed by atoms with Gasteiger partial charge in [-0.1, -0.05) is 11.6 Å². The normalized spacial score (nSPS) is 11.0. The maximum atomic E-state index is 13.2. The topological polar surface area (TPSA) is 81.8 Å². The van der Waals surface area contributed by atoms with Gasteiger partial charge in [0.25, 0.3) is 5.56 Å². The van der Waals surface area contributed by atoms with Gasteiger partial charge in [-0.2, -0.15) is 5.10 Å². The van der Waals surface area contributed by atoms with Gasteiger partial charge in [-0.05, 0) is 55.5 Å². The SMILES string of the molecule is Cc1nc2c(cnn2-c2ccc(F)cc2)c(=O)n1CCC(=O)Nc1ccc(Cl)cc1. The van der Waals surface area contributed by atoms with Crippen LogP contribution < -0.4 is 10.9 Å². The van der Waals surface area contributed by atoms with Gasteiger partial charge in [0, 0.05) is 23.7 Å². The molecule has 2 aromatic carbocycles. The fourth-order valence-corrected chi connectivity index (χ4v) is 3.24. The molecule has 0 aliphatic carbocycles. The summed E-state index contributed by atoms with van der Waals surface area (Å²) >= 11 is 5.84. The average molecular weight is 426 g/mol. The molecule has 0 saturated carbocycles. The third-order valence-corrected chi connectivity index (χ3v) is 4.89. The van der Waals surface area contributed by atoms with Crippen molar-refractivity contribution < 1.29 is 9.18 Å². The number of halogens is 2. The molecule has 0 aliphatic rings. The number of nitrogens with one attached hydrogen (secondary N) is 1. The summed E-state index contributed by atoms with van der Waals surface area (Å²) in [6.45, 7) is 1.87. The number of hydrogen-bond donors (Lipinski definition) is 1. The van der Waals surface area contributed by atoms with Gasteiger partial charge in [0.1, 0.15) is 17.0 Å². The molecule has 0 bridgehead atoms. The van der Waals surface area contributed by atoms with Crippen molar-refractivity contribution in [3.8, 4) is 5.69 Å². The van der Waals surface area contributed by atoms with Crippen molar-refractivity contribution in [3.05, 3.63) is 81.7 Å². The zero-order valence-corrected chi connectivity index (χ0v) is 16.7. The highest BCUT2D eigenvalue weighted by Crippen LogP contribution is 2.16. The summed E-state index contributed by atoms with van der Waals surface area (Å²) in [5.74, 6) is -0.139. The Morgan fingerprint density at radius 2 is 1.83 bits per heavy atom. The maximum Gasteiger partial charge on any atom is 0.264 e. The molecule has 0 aliphatic heterocycles. The highest BCUT2D eigenvalue weighted by atomic mass is 35.5. The number of carbonyl (C=O) groups excluding carboxylic acids is 1. The number of aromatic nitrogens is 4. The first kappa shape index (κ1) is 19.8. The van der Waals surface area contributed by atoms with E-state index in [0.717, 1.165) is 0 Å². The monoisotopic (exact) mass is 425 g/mol. The molecule has 0 saturated heterocycles. The van der Waals surface area contributed by atoms with Crippen LogP contribution in [0.15, 0.2) is 59.5 Å². The molecule has 2 aromatic heterocycles. The van der Waals surface area contributed by atoms with Gasteiger partial charge in [0.15, 0.2) is 5.65 Å². The molecule has 0 radical (unpaired) electrons. The quantitative estimate of drug-likeness (QED) is 0.528. The minimum atomic E-state index is -0.362. The number of hydrogen-bond acceptors (Lipinski definition) is 4. The van der Waals surface area contributed by atoms with Crippen LogP contribution in [-0.4, -0.2) is 25.2 Å². The van der Waals surface area contributed by atoms with Crippen molar-refractivity contribution in [2.24, 2.45) is 0 Å². The Bertz CT molecular complexity index is 1280. The Morgan fingerprint density at radius 1 is 1.13 bits per heavy atom. The Kier molecular flexibility index (Phi) is 5.33. The van der Waals surface area contributed by atoms with Crippen LogP contribution in [0.3, 0.4) is 0 Å². The van der Waals surface area contributed by atoms with Crippen LogP contribution in [0.25, 0.3) is 16.7 Å². The standard InChI is InChI=1S/C21H17ClFN5O2/c1-13-25-20-18(12-24-28(20)17-8-4-15(23)5-9-17)21(30)27(13)11-10-19(29)26-16-6-2-14(22)3-7-16/h2-9,12H,10-11H2,1H3,(H,26,29). The molecular formula is C21H17ClFN5O2. The first-order valence-corrected chi connectivity index (χ1v) is 9.57. The summed E-state index contributed by atoms with van der Waals surface area (Å²) in [7, 11) is 0. The summed E-state index contributed by atoms with van der Waals surface area (Å²) in [4.78, 5) is 29.7. The Morgan fingerprint density at radius 3 is 2.53 bits per heavy atom. The highest BCUT2D eigenvalue weighted by molar-refractivity contribution is 6.30. The van der Waals surface area contributed by atoms with Gasteiger partial charge in [0.2, 0.25) is 5.91 Å². The zero-order chi connectivity index (χ0) is 21.3. The molecule has 0 fully saturated rings. The summed E-state index contributed by atoms with van der Waals surface area (Å²) in [6, 6.07) is 12.5. The third kappa shape index (κ3) is 3.95. The molecule has 0 spiro atoms. The fourth-order valence-electron chi connectivity index (χ4n) is 3.11. The summed E-state index contributed by atoms with van der Waals surface area (Å²) in [6.07, 6.45) is 1.53. The second-order valence-electron chi connectivity index (χ2n) is 6.69. The lowest BCUT2D eigenvalue weighted by Gasteiger charge is -2.11. The first-order valence-electron chi connectivity index (χ1n) is 9.19. The van der Waals surface area contributed by atoms with Crippen LogP contribution in [0.2, 0.25) is 5.02 Å². The Hall–Kier alpha value is -3.52. The summed E-state index contributed by atoms with van der Waals surface area (Å²) in [5, 5.41) is 7.89. The molecule has 30 heavy (non-hydrogen) atoms. The van der Waals surface area contributed by atoms with Crippen LogP contribution in [0.5, 0.6) is 0 Å². The van der Waals surface area contributed by atoms with E-state index in [1.807, 2.05) is 0 Å². The number of anilines is 1. The van der Waals surface area contributed by atoms with Crippen LogP contribution >= 0.6 is 11.6 Å². The predicted octanol–water partition coefficient (Wildman–Crippen LogP) is 3.71. The van der Waals surface area contributed by atoms with Crippen molar-refractivity contribution >= 4 is 34.2 Å². The van der Waals surface area contributed by atoms with Crippen LogP contribution in [0, 0.1) is 12.7 Å². The molecule has 4 rings (SSSR count). The molecule has 7 nitrogen and oxygen atoms in total. The molecule has 0 atom stereocenters.